The summed E-state index contributed by atoms with van der Waals surface area (Å²) >= 11 is 3.77. The van der Waals surface area contributed by atoms with Crippen LogP contribution in [0.15, 0.2) is 237 Å². The summed E-state index contributed by atoms with van der Waals surface area (Å²) in [6, 6.07) is 87.2. The molecule has 0 N–H and O–H groups in total. The van der Waals surface area contributed by atoms with Crippen molar-refractivity contribution in [2.24, 2.45) is 0 Å². The molecule has 0 aliphatic heterocycles. The van der Waals surface area contributed by atoms with E-state index in [-0.39, 0.29) is 0 Å². The Morgan fingerprint density at radius 3 is 1.48 bits per heavy atom. The second-order valence-corrected chi connectivity index (χ2v) is 19.0. The molecule has 65 heavy (non-hydrogen) atoms. The summed E-state index contributed by atoms with van der Waals surface area (Å²) in [4.78, 5) is 2.49. The monoisotopic (exact) mass is 861 g/mol. The van der Waals surface area contributed by atoms with Crippen LogP contribution in [0.2, 0.25) is 0 Å². The van der Waals surface area contributed by atoms with E-state index in [0.29, 0.717) is 0 Å². The van der Waals surface area contributed by atoms with Gasteiger partial charge in [0.1, 0.15) is 0 Å². The highest BCUT2D eigenvalue weighted by Gasteiger charge is 2.22. The molecule has 2 aromatic heterocycles. The van der Waals surface area contributed by atoms with Crippen LogP contribution in [0, 0.1) is 0 Å². The average molecular weight is 862 g/mol. The molecular formula is C62H39NS2. The maximum Gasteiger partial charge on any atom is 0.0555 e. The van der Waals surface area contributed by atoms with Gasteiger partial charge >= 0.3 is 0 Å². The van der Waals surface area contributed by atoms with Crippen molar-refractivity contribution in [3.05, 3.63) is 237 Å². The Hall–Kier alpha value is -7.82. The first-order valence-corrected chi connectivity index (χ1v) is 23.8. The molecule has 13 aromatic rings. The SMILES string of the molecule is c1ccc(-c2ccc3c(c2)sc2cc(N(c4ccc(-c5ccc6c(ccc7ccccc76)c5)cc4)c4ccc(-c5ccccc5)c5sc6cc(-c7ccccc7)ccc6c45)ccc23)cc1. The van der Waals surface area contributed by atoms with E-state index in [1.165, 1.54) is 106 Å². The summed E-state index contributed by atoms with van der Waals surface area (Å²) in [5, 5.41) is 10.2. The summed E-state index contributed by atoms with van der Waals surface area (Å²) < 4.78 is 5.13. The lowest BCUT2D eigenvalue weighted by Crippen LogP contribution is -2.10. The number of fused-ring (bicyclic) bond motifs is 9. The van der Waals surface area contributed by atoms with Crippen LogP contribution < -0.4 is 4.90 Å². The van der Waals surface area contributed by atoms with Gasteiger partial charge in [-0.05, 0) is 115 Å². The lowest BCUT2D eigenvalue weighted by atomic mass is 9.97. The van der Waals surface area contributed by atoms with Crippen molar-refractivity contribution >= 4 is 102 Å². The van der Waals surface area contributed by atoms with E-state index in [1.807, 2.05) is 22.7 Å². The second kappa shape index (κ2) is 15.5. The fraction of sp³-hybridized carbons (Fsp3) is 0. The largest absolute Gasteiger partial charge is 0.310 e. The zero-order valence-corrected chi connectivity index (χ0v) is 36.9. The van der Waals surface area contributed by atoms with Gasteiger partial charge in [0.05, 0.1) is 5.69 Å². The second-order valence-electron chi connectivity index (χ2n) is 16.8. The normalized spacial score (nSPS) is 11.7. The molecule has 0 saturated carbocycles. The number of rotatable bonds is 7. The lowest BCUT2D eigenvalue weighted by Gasteiger charge is -2.27. The zero-order valence-electron chi connectivity index (χ0n) is 35.3. The van der Waals surface area contributed by atoms with Gasteiger partial charge in [-0.25, -0.2) is 0 Å². The van der Waals surface area contributed by atoms with Crippen molar-refractivity contribution in [2.75, 3.05) is 4.90 Å². The summed E-state index contributed by atoms with van der Waals surface area (Å²) in [6.45, 7) is 0. The first-order chi connectivity index (χ1) is 32.2. The number of hydrogen-bond donors (Lipinski definition) is 0. The molecule has 11 aromatic carbocycles. The van der Waals surface area contributed by atoms with Gasteiger partial charge in [-0.15, -0.1) is 22.7 Å². The van der Waals surface area contributed by atoms with Gasteiger partial charge in [0.25, 0.3) is 0 Å². The Morgan fingerprint density at radius 1 is 0.277 bits per heavy atom. The fourth-order valence-corrected chi connectivity index (χ4v) is 12.3. The van der Waals surface area contributed by atoms with E-state index in [4.69, 9.17) is 0 Å². The first-order valence-electron chi connectivity index (χ1n) is 22.1. The first kappa shape index (κ1) is 37.7. The minimum Gasteiger partial charge on any atom is -0.310 e. The lowest BCUT2D eigenvalue weighted by molar-refractivity contribution is 1.31. The maximum absolute atomic E-state index is 2.49. The van der Waals surface area contributed by atoms with Crippen molar-refractivity contribution in [3.63, 3.8) is 0 Å². The van der Waals surface area contributed by atoms with E-state index in [1.54, 1.807) is 0 Å². The summed E-state index contributed by atoms with van der Waals surface area (Å²) in [5.74, 6) is 0. The van der Waals surface area contributed by atoms with E-state index < -0.39 is 0 Å². The third-order valence-electron chi connectivity index (χ3n) is 13.1. The molecule has 0 atom stereocenters. The molecule has 1 nitrogen and oxygen atoms in total. The topological polar surface area (TPSA) is 3.24 Å². The van der Waals surface area contributed by atoms with E-state index >= 15 is 0 Å². The zero-order chi connectivity index (χ0) is 42.8. The highest BCUT2D eigenvalue weighted by Crippen LogP contribution is 2.50. The summed E-state index contributed by atoms with van der Waals surface area (Å²) in [6.07, 6.45) is 0. The number of thiophene rings is 2. The van der Waals surface area contributed by atoms with Gasteiger partial charge in [-0.2, -0.15) is 0 Å². The molecule has 0 saturated heterocycles. The molecule has 304 valence electrons. The van der Waals surface area contributed by atoms with Crippen molar-refractivity contribution in [1.29, 1.82) is 0 Å². The van der Waals surface area contributed by atoms with Gasteiger partial charge in [-0.1, -0.05) is 188 Å². The summed E-state index contributed by atoms with van der Waals surface area (Å²) in [5.41, 5.74) is 13.2. The Labute approximate surface area is 385 Å². The van der Waals surface area contributed by atoms with Crippen LogP contribution in [0.3, 0.4) is 0 Å². The molecule has 0 bridgehead atoms. The van der Waals surface area contributed by atoms with Crippen molar-refractivity contribution < 1.29 is 0 Å². The van der Waals surface area contributed by atoms with Crippen molar-refractivity contribution in [2.45, 2.75) is 0 Å². The number of hydrogen-bond acceptors (Lipinski definition) is 3. The molecule has 0 spiro atoms. The highest BCUT2D eigenvalue weighted by atomic mass is 32.1. The number of nitrogens with zero attached hydrogens (tertiary/aromatic N) is 1. The van der Waals surface area contributed by atoms with Crippen LogP contribution in [-0.4, -0.2) is 0 Å². The molecular weight excluding hydrogens is 823 g/mol. The third kappa shape index (κ3) is 6.51. The molecule has 0 radical (unpaired) electrons. The molecule has 0 amide bonds. The van der Waals surface area contributed by atoms with Crippen LogP contribution in [0.4, 0.5) is 17.1 Å². The van der Waals surface area contributed by atoms with Crippen LogP contribution in [-0.2, 0) is 0 Å². The minimum atomic E-state index is 1.11. The quantitative estimate of drug-likeness (QED) is 0.144. The standard InChI is InChI=1S/C62H39NS2/c1-4-12-40(13-5-1)46-25-31-54-55-33-29-50(39-60(55)64-58(54)37-46)63(49-27-22-42(23-28-49)45-24-30-52-48(36-45)21-20-44-18-10-11-19-51(44)52)57-35-34-53(43-16-8-3-9-17-43)62-61(57)56-32-26-47(38-59(56)65-62)41-14-6-2-7-15-41/h1-39H. The molecule has 0 aliphatic carbocycles. The van der Waals surface area contributed by atoms with Crippen molar-refractivity contribution in [1.82, 2.24) is 0 Å². The van der Waals surface area contributed by atoms with Crippen LogP contribution in [0.1, 0.15) is 0 Å². The average Bonchev–Trinajstić information content (AvgIpc) is 3.95. The molecule has 0 aliphatic rings. The predicted octanol–water partition coefficient (Wildman–Crippen LogP) is 18.9. The van der Waals surface area contributed by atoms with E-state index in [2.05, 4.69) is 241 Å². The Kier molecular flexibility index (Phi) is 8.97. The fourth-order valence-electron chi connectivity index (χ4n) is 9.84. The van der Waals surface area contributed by atoms with Gasteiger partial charge in [0.2, 0.25) is 0 Å². The van der Waals surface area contributed by atoms with Gasteiger partial charge in [-0.3, -0.25) is 0 Å². The van der Waals surface area contributed by atoms with Crippen LogP contribution in [0.25, 0.3) is 106 Å². The van der Waals surface area contributed by atoms with Gasteiger partial charge in [0.15, 0.2) is 0 Å². The van der Waals surface area contributed by atoms with Crippen molar-refractivity contribution in [3.8, 4) is 44.5 Å². The molecule has 13 rings (SSSR count). The molecule has 3 heteroatoms. The minimum absolute atomic E-state index is 1.11. The maximum atomic E-state index is 2.49. The molecule has 0 unspecified atom stereocenters. The summed E-state index contributed by atoms with van der Waals surface area (Å²) in [7, 11) is 0. The predicted molar refractivity (Wildman–Crippen MR) is 284 cm³/mol. The van der Waals surface area contributed by atoms with Gasteiger partial charge in [0, 0.05) is 51.7 Å². The number of benzene rings is 11. The molecule has 0 fully saturated rings. The van der Waals surface area contributed by atoms with Crippen LogP contribution in [0.5, 0.6) is 0 Å². The Bertz CT molecular complexity index is 3920. The Morgan fingerprint density at radius 2 is 0.769 bits per heavy atom. The number of anilines is 3. The van der Waals surface area contributed by atoms with Crippen LogP contribution >= 0.6 is 22.7 Å². The Balaban J connectivity index is 1.00. The smallest absolute Gasteiger partial charge is 0.0555 e. The highest BCUT2D eigenvalue weighted by molar-refractivity contribution is 7.26. The van der Waals surface area contributed by atoms with Gasteiger partial charge < -0.3 is 4.90 Å². The van der Waals surface area contributed by atoms with E-state index in [9.17, 15) is 0 Å². The van der Waals surface area contributed by atoms with E-state index in [0.717, 1.165) is 17.1 Å². The molecule has 2 heterocycles. The third-order valence-corrected chi connectivity index (χ3v) is 15.4.